The number of fused-ring (bicyclic) bond motifs is 2. The van der Waals surface area contributed by atoms with Crippen LogP contribution in [-0.4, -0.2) is 4.98 Å². The van der Waals surface area contributed by atoms with E-state index in [-0.39, 0.29) is 5.43 Å². The number of aromatic amines is 1. The Kier molecular flexibility index (Phi) is 5.71. The fraction of sp³-hybridized carbons (Fsp3) is 0.138. The van der Waals surface area contributed by atoms with E-state index in [4.69, 9.17) is 0 Å². The number of nitrogens with one attached hydrogen (secondary N) is 1. The number of nitrogens with zero attached hydrogens (tertiary/aromatic N) is 1. The Morgan fingerprint density at radius 2 is 1.27 bits per heavy atom. The Bertz CT molecular complexity index is 1520. The van der Waals surface area contributed by atoms with E-state index in [9.17, 15) is 4.79 Å². The second kappa shape index (κ2) is 8.67. The number of benzene rings is 4. The number of hydrogen-bond donors (Lipinski definition) is 1. The fourth-order valence-corrected chi connectivity index (χ4v) is 7.03. The molecule has 0 saturated heterocycles. The summed E-state index contributed by atoms with van der Waals surface area (Å²) in [5.41, 5.74) is 9.34. The van der Waals surface area contributed by atoms with Crippen molar-refractivity contribution in [3.05, 3.63) is 115 Å². The third-order valence-electron chi connectivity index (χ3n) is 6.00. The third kappa shape index (κ3) is 4.15. The van der Waals surface area contributed by atoms with E-state index in [2.05, 4.69) is 90.4 Å². The minimum atomic E-state index is -0.607. The zero-order valence-corrected chi connectivity index (χ0v) is 21.4. The van der Waals surface area contributed by atoms with E-state index in [0.29, 0.717) is 0 Å². The first-order valence-electron chi connectivity index (χ1n) is 11.1. The molecule has 0 spiro atoms. The van der Waals surface area contributed by atoms with E-state index in [1.807, 2.05) is 24.3 Å². The van der Waals surface area contributed by atoms with Gasteiger partial charge in [-0.05, 0) is 0 Å². The SMILES string of the molecule is Cc1ccc(C)c(N([I-]c2ccc3[nH]c4ccccc4c(=O)c3c2)c2cc(C)ccc2C)c1. The Hall–Kier alpha value is -3.12. The van der Waals surface area contributed by atoms with Gasteiger partial charge in [0, 0.05) is 0 Å². The van der Waals surface area contributed by atoms with Crippen LogP contribution < -0.4 is 30.0 Å². The Morgan fingerprint density at radius 1 is 0.667 bits per heavy atom. The summed E-state index contributed by atoms with van der Waals surface area (Å²) in [5.74, 6) is 0. The molecule has 0 aliphatic carbocycles. The molecule has 1 N–H and O–H groups in total. The van der Waals surface area contributed by atoms with Crippen LogP contribution in [0.25, 0.3) is 21.8 Å². The van der Waals surface area contributed by atoms with E-state index in [1.165, 1.54) is 37.2 Å². The van der Waals surface area contributed by atoms with Gasteiger partial charge in [0.15, 0.2) is 0 Å². The molecule has 4 aromatic carbocycles. The standard InChI is InChI=1S/C29H26IN2O/c1-18-9-11-20(3)27(15-18)32(28-16-19(2)10-12-21(28)4)30-22-13-14-26-24(17-22)29(33)23-7-5-6-8-25(23)31-26/h5-17H,1-4H3,(H,31,33)/q-1. The molecule has 0 radical (unpaired) electrons. The van der Waals surface area contributed by atoms with E-state index < -0.39 is 21.5 Å². The van der Waals surface area contributed by atoms with Gasteiger partial charge < -0.3 is 0 Å². The van der Waals surface area contributed by atoms with Gasteiger partial charge in [0.05, 0.1) is 0 Å². The van der Waals surface area contributed by atoms with Crippen LogP contribution in [0.2, 0.25) is 0 Å². The summed E-state index contributed by atoms with van der Waals surface area (Å²) in [7, 11) is 0. The van der Waals surface area contributed by atoms with Crippen LogP contribution in [0.15, 0.2) is 83.7 Å². The van der Waals surface area contributed by atoms with Gasteiger partial charge in [-0.2, -0.15) is 0 Å². The molecule has 4 heteroatoms. The van der Waals surface area contributed by atoms with Gasteiger partial charge in [-0.25, -0.2) is 0 Å². The number of pyridine rings is 1. The normalized spacial score (nSPS) is 11.4. The predicted octanol–water partition coefficient (Wildman–Crippen LogP) is 3.93. The van der Waals surface area contributed by atoms with Crippen molar-refractivity contribution in [2.75, 3.05) is 3.11 Å². The molecular formula is C29H26IN2O-. The summed E-state index contributed by atoms with van der Waals surface area (Å²) in [4.78, 5) is 16.7. The molecule has 0 aliphatic rings. The first kappa shape index (κ1) is 21.7. The Labute approximate surface area is 204 Å². The zero-order chi connectivity index (χ0) is 23.1. The third-order valence-corrected chi connectivity index (χ3v) is 8.75. The molecule has 0 fully saturated rings. The molecule has 0 bridgehead atoms. The quantitative estimate of drug-likeness (QED) is 0.211. The first-order chi connectivity index (χ1) is 15.9. The molecular weight excluding hydrogens is 519 g/mol. The maximum atomic E-state index is 13.2. The average molecular weight is 545 g/mol. The summed E-state index contributed by atoms with van der Waals surface area (Å²) < 4.78 is 3.70. The van der Waals surface area contributed by atoms with Gasteiger partial charge in [-0.15, -0.1) is 0 Å². The molecule has 5 aromatic rings. The molecule has 1 aromatic heterocycles. The van der Waals surface area contributed by atoms with Crippen molar-refractivity contribution in [3.63, 3.8) is 0 Å². The fourth-order valence-electron chi connectivity index (χ4n) is 4.13. The van der Waals surface area contributed by atoms with Crippen molar-refractivity contribution in [1.82, 2.24) is 4.98 Å². The van der Waals surface area contributed by atoms with E-state index in [1.54, 1.807) is 0 Å². The molecule has 3 nitrogen and oxygen atoms in total. The number of halogens is 1. The summed E-state index contributed by atoms with van der Waals surface area (Å²) in [6, 6.07) is 27.3. The number of aromatic nitrogens is 1. The van der Waals surface area contributed by atoms with Crippen molar-refractivity contribution >= 4 is 33.2 Å². The molecule has 5 rings (SSSR count). The van der Waals surface area contributed by atoms with Crippen molar-refractivity contribution in [2.24, 2.45) is 0 Å². The van der Waals surface area contributed by atoms with Crippen molar-refractivity contribution in [3.8, 4) is 0 Å². The van der Waals surface area contributed by atoms with Gasteiger partial charge in [0.1, 0.15) is 0 Å². The van der Waals surface area contributed by atoms with Crippen molar-refractivity contribution in [2.45, 2.75) is 27.7 Å². The number of aryl methyl sites for hydroxylation is 4. The van der Waals surface area contributed by atoms with Gasteiger partial charge >= 0.3 is 205 Å². The predicted molar refractivity (Wildman–Crippen MR) is 135 cm³/mol. The number of para-hydroxylation sites is 1. The molecule has 1 heterocycles. The van der Waals surface area contributed by atoms with Crippen LogP contribution in [0, 0.1) is 31.3 Å². The number of rotatable bonds is 4. The number of H-pyrrole nitrogens is 1. The molecule has 33 heavy (non-hydrogen) atoms. The average Bonchev–Trinajstić information content (AvgIpc) is 2.81. The van der Waals surface area contributed by atoms with Crippen LogP contribution in [0.5, 0.6) is 0 Å². The van der Waals surface area contributed by atoms with Gasteiger partial charge in [-0.3, -0.25) is 0 Å². The summed E-state index contributed by atoms with van der Waals surface area (Å²) in [5, 5.41) is 1.49. The maximum absolute atomic E-state index is 13.2. The molecule has 0 amide bonds. The minimum absolute atomic E-state index is 0.0928. The zero-order valence-electron chi connectivity index (χ0n) is 19.2. The summed E-state index contributed by atoms with van der Waals surface area (Å²) >= 11 is -0.607. The first-order valence-corrected chi connectivity index (χ1v) is 13.1. The van der Waals surface area contributed by atoms with E-state index in [0.717, 1.165) is 21.8 Å². The molecule has 0 atom stereocenters. The molecule has 0 unspecified atom stereocenters. The van der Waals surface area contributed by atoms with Crippen LogP contribution in [0.3, 0.4) is 0 Å². The topological polar surface area (TPSA) is 36.1 Å². The summed E-state index contributed by atoms with van der Waals surface area (Å²) in [6.07, 6.45) is 0. The molecule has 0 aliphatic heterocycles. The van der Waals surface area contributed by atoms with Crippen molar-refractivity contribution < 1.29 is 21.5 Å². The van der Waals surface area contributed by atoms with Crippen LogP contribution >= 0.6 is 0 Å². The number of hydrogen-bond acceptors (Lipinski definition) is 2. The van der Waals surface area contributed by atoms with Gasteiger partial charge in [0.2, 0.25) is 0 Å². The van der Waals surface area contributed by atoms with Crippen molar-refractivity contribution in [1.29, 1.82) is 0 Å². The second-order valence-corrected chi connectivity index (χ2v) is 11.3. The van der Waals surface area contributed by atoms with Crippen LogP contribution in [0.4, 0.5) is 11.4 Å². The van der Waals surface area contributed by atoms with Gasteiger partial charge in [0.25, 0.3) is 0 Å². The van der Waals surface area contributed by atoms with E-state index >= 15 is 0 Å². The summed E-state index contributed by atoms with van der Waals surface area (Å²) in [6.45, 7) is 8.63. The number of anilines is 2. The Morgan fingerprint density at radius 3 is 1.94 bits per heavy atom. The monoisotopic (exact) mass is 545 g/mol. The molecule has 166 valence electrons. The second-order valence-electron chi connectivity index (χ2n) is 8.63. The molecule has 0 saturated carbocycles. The Balaban J connectivity index is 1.67. The van der Waals surface area contributed by atoms with Crippen LogP contribution in [-0.2, 0) is 0 Å². The van der Waals surface area contributed by atoms with Gasteiger partial charge in [-0.1, -0.05) is 0 Å². The van der Waals surface area contributed by atoms with Crippen LogP contribution in [0.1, 0.15) is 22.3 Å².